The van der Waals surface area contributed by atoms with Crippen LogP contribution in [0.2, 0.25) is 0 Å². The van der Waals surface area contributed by atoms with Crippen molar-refractivity contribution in [3.05, 3.63) is 70.8 Å². The molecular weight excluding hydrogens is 354 g/mol. The fourth-order valence-electron chi connectivity index (χ4n) is 4.43. The number of ether oxygens (including phenoxy) is 2. The van der Waals surface area contributed by atoms with Crippen molar-refractivity contribution in [1.29, 1.82) is 0 Å². The van der Waals surface area contributed by atoms with E-state index in [4.69, 9.17) is 9.47 Å². The number of hydrogen-bond acceptors (Lipinski definition) is 4. The van der Waals surface area contributed by atoms with Crippen molar-refractivity contribution in [2.24, 2.45) is 5.92 Å². The van der Waals surface area contributed by atoms with Crippen LogP contribution in [0.3, 0.4) is 0 Å². The lowest BCUT2D eigenvalue weighted by molar-refractivity contribution is -0.153. The van der Waals surface area contributed by atoms with Gasteiger partial charge in [-0.15, -0.1) is 0 Å². The first-order chi connectivity index (χ1) is 13.6. The van der Waals surface area contributed by atoms with Gasteiger partial charge in [-0.05, 0) is 42.2 Å². The Bertz CT molecular complexity index is 961. The lowest BCUT2D eigenvalue weighted by atomic mass is 9.74. The van der Waals surface area contributed by atoms with E-state index in [-0.39, 0.29) is 11.8 Å². The second-order valence-corrected chi connectivity index (χ2v) is 7.18. The number of nitrogens with zero attached hydrogens (tertiary/aromatic N) is 1. The number of methoxy groups -OCH3 is 2. The van der Waals surface area contributed by atoms with Gasteiger partial charge in [0.2, 0.25) is 5.91 Å². The van der Waals surface area contributed by atoms with Crippen molar-refractivity contribution in [2.75, 3.05) is 20.8 Å². The molecule has 1 amide bonds. The molecule has 2 unspecified atom stereocenters. The molecule has 4 rings (SSSR count). The highest BCUT2D eigenvalue weighted by Crippen LogP contribution is 2.46. The van der Waals surface area contributed by atoms with Gasteiger partial charge in [-0.2, -0.15) is 0 Å². The highest BCUT2D eigenvalue weighted by atomic mass is 16.5. The maximum Gasteiger partial charge on any atom is 0.319 e. The number of carbonyl (C=O) groups is 2. The van der Waals surface area contributed by atoms with Gasteiger partial charge < -0.3 is 14.4 Å². The van der Waals surface area contributed by atoms with E-state index in [1.807, 2.05) is 43.3 Å². The largest absolute Gasteiger partial charge is 0.497 e. The molecule has 0 spiro atoms. The summed E-state index contributed by atoms with van der Waals surface area (Å²) in [5, 5.41) is 0. The molecule has 0 saturated heterocycles. The molecule has 0 radical (unpaired) electrons. The number of amides is 1. The smallest absolute Gasteiger partial charge is 0.319 e. The molecule has 0 aliphatic carbocycles. The van der Waals surface area contributed by atoms with Crippen molar-refractivity contribution in [3.8, 4) is 5.75 Å². The summed E-state index contributed by atoms with van der Waals surface area (Å²) < 4.78 is 10.3. The van der Waals surface area contributed by atoms with Crippen LogP contribution in [-0.4, -0.2) is 37.5 Å². The van der Waals surface area contributed by atoms with E-state index in [0.717, 1.165) is 34.6 Å². The fourth-order valence-corrected chi connectivity index (χ4v) is 4.43. The fraction of sp³-hybridized carbons (Fsp3) is 0.304. The van der Waals surface area contributed by atoms with Gasteiger partial charge in [-0.1, -0.05) is 36.4 Å². The van der Waals surface area contributed by atoms with Gasteiger partial charge in [0.15, 0.2) is 0 Å². The summed E-state index contributed by atoms with van der Waals surface area (Å²) in [6, 6.07) is 15.7. The first-order valence-corrected chi connectivity index (χ1v) is 9.39. The number of carbonyl (C=O) groups excluding carboxylic acids is 2. The van der Waals surface area contributed by atoms with Crippen LogP contribution in [0.4, 0.5) is 0 Å². The van der Waals surface area contributed by atoms with E-state index in [1.54, 1.807) is 12.0 Å². The number of hydrogen-bond donors (Lipinski definition) is 0. The van der Waals surface area contributed by atoms with Crippen LogP contribution in [0.1, 0.15) is 29.5 Å². The number of allylic oxidation sites excluding steroid dienone is 1. The lowest BCUT2D eigenvalue weighted by Gasteiger charge is -2.42. The average Bonchev–Trinajstić information content (AvgIpc) is 2.74. The third-order valence-corrected chi connectivity index (χ3v) is 5.78. The summed E-state index contributed by atoms with van der Waals surface area (Å²) in [7, 11) is 2.95. The van der Waals surface area contributed by atoms with Crippen molar-refractivity contribution < 1.29 is 19.1 Å². The van der Waals surface area contributed by atoms with E-state index in [9.17, 15) is 9.59 Å². The zero-order valence-electron chi connectivity index (χ0n) is 16.3. The average molecular weight is 377 g/mol. The van der Waals surface area contributed by atoms with Gasteiger partial charge in [-0.25, -0.2) is 0 Å². The van der Waals surface area contributed by atoms with Gasteiger partial charge in [0, 0.05) is 18.0 Å². The van der Waals surface area contributed by atoms with E-state index < -0.39 is 11.9 Å². The molecule has 0 saturated carbocycles. The Labute approximate surface area is 164 Å². The van der Waals surface area contributed by atoms with Crippen LogP contribution in [0, 0.1) is 5.92 Å². The summed E-state index contributed by atoms with van der Waals surface area (Å²) >= 11 is 0. The Morgan fingerprint density at radius 2 is 1.79 bits per heavy atom. The number of fused-ring (bicyclic) bond motifs is 3. The quantitative estimate of drug-likeness (QED) is 0.608. The molecule has 0 fully saturated rings. The van der Waals surface area contributed by atoms with Crippen molar-refractivity contribution in [1.82, 2.24) is 4.90 Å². The molecule has 2 heterocycles. The van der Waals surface area contributed by atoms with Crippen molar-refractivity contribution in [2.45, 2.75) is 19.3 Å². The van der Waals surface area contributed by atoms with Gasteiger partial charge in [0.1, 0.15) is 11.7 Å². The Morgan fingerprint density at radius 1 is 1.07 bits per heavy atom. The standard InChI is InChI=1S/C23H23NO4/c1-14-19(16-8-10-17(27-2)11-9-16)20(23(26)28-3)22(25)24-13-12-15-6-4-5-7-18(15)21(14)24/h4-11,19-20H,12-13H2,1-3H3. The van der Waals surface area contributed by atoms with Crippen molar-refractivity contribution >= 4 is 17.6 Å². The van der Waals surface area contributed by atoms with Crippen LogP contribution in [0.25, 0.3) is 5.70 Å². The van der Waals surface area contributed by atoms with Gasteiger partial charge >= 0.3 is 5.97 Å². The van der Waals surface area contributed by atoms with Crippen LogP contribution in [-0.2, 0) is 20.7 Å². The maximum atomic E-state index is 13.4. The molecule has 2 atom stereocenters. The summed E-state index contributed by atoms with van der Waals surface area (Å²) in [5.41, 5.74) is 5.13. The minimum absolute atomic E-state index is 0.192. The van der Waals surface area contributed by atoms with Crippen LogP contribution in [0.5, 0.6) is 5.75 Å². The van der Waals surface area contributed by atoms with E-state index >= 15 is 0 Å². The first kappa shape index (κ1) is 18.3. The molecule has 2 aliphatic rings. The van der Waals surface area contributed by atoms with E-state index in [1.165, 1.54) is 12.7 Å². The summed E-state index contributed by atoms with van der Waals surface area (Å²) in [4.78, 5) is 27.8. The zero-order chi connectivity index (χ0) is 19.8. The summed E-state index contributed by atoms with van der Waals surface area (Å²) in [6.07, 6.45) is 0.778. The normalized spacial score (nSPS) is 21.1. The molecule has 144 valence electrons. The van der Waals surface area contributed by atoms with Crippen LogP contribution < -0.4 is 4.74 Å². The van der Waals surface area contributed by atoms with Gasteiger partial charge in [-0.3, -0.25) is 9.59 Å². The Hall–Kier alpha value is -3.08. The predicted molar refractivity (Wildman–Crippen MR) is 106 cm³/mol. The zero-order valence-corrected chi connectivity index (χ0v) is 16.3. The highest BCUT2D eigenvalue weighted by molar-refractivity contribution is 6.05. The summed E-state index contributed by atoms with van der Waals surface area (Å²) in [6.45, 7) is 2.59. The van der Waals surface area contributed by atoms with Gasteiger partial charge in [0.05, 0.1) is 19.9 Å². The second kappa shape index (κ2) is 7.15. The number of benzene rings is 2. The molecule has 5 heteroatoms. The van der Waals surface area contributed by atoms with E-state index in [2.05, 4.69) is 12.1 Å². The minimum atomic E-state index is -0.882. The Kier molecular flexibility index (Phi) is 4.67. The monoisotopic (exact) mass is 377 g/mol. The summed E-state index contributed by atoms with van der Waals surface area (Å²) in [5.74, 6) is -1.21. The number of rotatable bonds is 3. The second-order valence-electron chi connectivity index (χ2n) is 7.18. The van der Waals surface area contributed by atoms with E-state index in [0.29, 0.717) is 6.54 Å². The molecule has 0 bridgehead atoms. The molecule has 28 heavy (non-hydrogen) atoms. The predicted octanol–water partition coefficient (Wildman–Crippen LogP) is 3.40. The third-order valence-electron chi connectivity index (χ3n) is 5.78. The van der Waals surface area contributed by atoms with Crippen LogP contribution in [0.15, 0.2) is 54.1 Å². The minimum Gasteiger partial charge on any atom is -0.497 e. The maximum absolute atomic E-state index is 13.4. The molecule has 0 aromatic heterocycles. The lowest BCUT2D eigenvalue weighted by Crippen LogP contribution is -2.48. The molecule has 2 aliphatic heterocycles. The molecule has 2 aromatic carbocycles. The SMILES string of the molecule is COC(=O)C1C(=O)N2CCc3ccccc3C2=C(C)C1c1ccc(OC)cc1. The van der Waals surface area contributed by atoms with Crippen LogP contribution >= 0.6 is 0 Å². The molecule has 2 aromatic rings. The van der Waals surface area contributed by atoms with Crippen molar-refractivity contribution in [3.63, 3.8) is 0 Å². The third kappa shape index (κ3) is 2.78. The number of esters is 1. The van der Waals surface area contributed by atoms with Gasteiger partial charge in [0.25, 0.3) is 0 Å². The Morgan fingerprint density at radius 3 is 2.46 bits per heavy atom. The highest BCUT2D eigenvalue weighted by Gasteiger charge is 2.47. The molecule has 0 N–H and O–H groups in total. The topological polar surface area (TPSA) is 55.8 Å². The molecule has 5 nitrogen and oxygen atoms in total. The molecular formula is C23H23NO4. The Balaban J connectivity index is 1.92. The first-order valence-electron chi connectivity index (χ1n) is 9.39.